The fourth-order valence-corrected chi connectivity index (χ4v) is 2.92. The van der Waals surface area contributed by atoms with Crippen molar-refractivity contribution >= 4 is 34.0 Å². The van der Waals surface area contributed by atoms with E-state index in [0.717, 1.165) is 23.4 Å². The normalized spacial score (nSPS) is 10.9. The molecule has 4 heteroatoms. The molecule has 3 aromatic rings. The highest BCUT2D eigenvalue weighted by atomic mass is 35.5. The van der Waals surface area contributed by atoms with Gasteiger partial charge in [0.1, 0.15) is 12.4 Å². The SMILES string of the molecule is CNCc1c(OCc2ccc(Cl)c(Cl)c2)ccc2ccccc12. The van der Waals surface area contributed by atoms with Crippen LogP contribution in [0.15, 0.2) is 54.6 Å². The van der Waals surface area contributed by atoms with E-state index in [1.807, 2.05) is 37.4 Å². The van der Waals surface area contributed by atoms with E-state index in [4.69, 9.17) is 27.9 Å². The van der Waals surface area contributed by atoms with E-state index in [2.05, 4.69) is 23.5 Å². The van der Waals surface area contributed by atoms with Crippen LogP contribution in [-0.2, 0) is 13.2 Å². The van der Waals surface area contributed by atoms with Gasteiger partial charge in [0.15, 0.2) is 0 Å². The third-order valence-electron chi connectivity index (χ3n) is 3.73. The maximum Gasteiger partial charge on any atom is 0.124 e. The number of hydrogen-bond donors (Lipinski definition) is 1. The quantitative estimate of drug-likeness (QED) is 0.664. The second-order valence-electron chi connectivity index (χ2n) is 5.33. The fraction of sp³-hybridized carbons (Fsp3) is 0.158. The van der Waals surface area contributed by atoms with Gasteiger partial charge in [-0.3, -0.25) is 0 Å². The molecule has 0 bridgehead atoms. The van der Waals surface area contributed by atoms with Crippen LogP contribution < -0.4 is 10.1 Å². The first-order chi connectivity index (χ1) is 11.2. The smallest absolute Gasteiger partial charge is 0.124 e. The third-order valence-corrected chi connectivity index (χ3v) is 4.47. The van der Waals surface area contributed by atoms with Crippen molar-refractivity contribution in [2.24, 2.45) is 0 Å². The van der Waals surface area contributed by atoms with E-state index < -0.39 is 0 Å². The summed E-state index contributed by atoms with van der Waals surface area (Å²) < 4.78 is 6.04. The molecule has 0 radical (unpaired) electrons. The van der Waals surface area contributed by atoms with E-state index in [9.17, 15) is 0 Å². The number of benzene rings is 3. The molecule has 0 aliphatic rings. The summed E-state index contributed by atoms with van der Waals surface area (Å²) in [5.74, 6) is 0.879. The molecular weight excluding hydrogens is 329 g/mol. The van der Waals surface area contributed by atoms with Crippen molar-refractivity contribution in [1.82, 2.24) is 5.32 Å². The van der Waals surface area contributed by atoms with Crippen LogP contribution in [0.5, 0.6) is 5.75 Å². The molecule has 1 N–H and O–H groups in total. The average Bonchev–Trinajstić information content (AvgIpc) is 2.57. The molecule has 0 aliphatic carbocycles. The Morgan fingerprint density at radius 3 is 2.57 bits per heavy atom. The molecule has 0 saturated carbocycles. The molecule has 0 aromatic heterocycles. The van der Waals surface area contributed by atoms with E-state index in [0.29, 0.717) is 16.7 Å². The van der Waals surface area contributed by atoms with Gasteiger partial charge in [-0.1, -0.05) is 59.6 Å². The average molecular weight is 346 g/mol. The Labute approximate surface area is 146 Å². The Hall–Kier alpha value is -1.74. The van der Waals surface area contributed by atoms with Gasteiger partial charge < -0.3 is 10.1 Å². The highest BCUT2D eigenvalue weighted by Crippen LogP contribution is 2.29. The number of fused-ring (bicyclic) bond motifs is 1. The Morgan fingerprint density at radius 1 is 0.957 bits per heavy atom. The highest BCUT2D eigenvalue weighted by molar-refractivity contribution is 6.42. The van der Waals surface area contributed by atoms with Crippen molar-refractivity contribution in [3.05, 3.63) is 75.8 Å². The lowest BCUT2D eigenvalue weighted by Crippen LogP contribution is -2.08. The number of ether oxygens (including phenoxy) is 1. The number of nitrogens with one attached hydrogen (secondary N) is 1. The monoisotopic (exact) mass is 345 g/mol. The maximum atomic E-state index is 6.06. The van der Waals surface area contributed by atoms with Gasteiger partial charge in [0.05, 0.1) is 10.0 Å². The van der Waals surface area contributed by atoms with Gasteiger partial charge in [-0.05, 0) is 41.6 Å². The highest BCUT2D eigenvalue weighted by Gasteiger charge is 2.09. The number of hydrogen-bond acceptors (Lipinski definition) is 2. The lowest BCUT2D eigenvalue weighted by molar-refractivity contribution is 0.303. The largest absolute Gasteiger partial charge is 0.489 e. The third kappa shape index (κ3) is 3.61. The zero-order chi connectivity index (χ0) is 16.2. The van der Waals surface area contributed by atoms with Crippen LogP contribution in [0.25, 0.3) is 10.8 Å². The first-order valence-corrected chi connectivity index (χ1v) is 8.16. The zero-order valence-corrected chi connectivity index (χ0v) is 14.3. The van der Waals surface area contributed by atoms with Gasteiger partial charge in [-0.2, -0.15) is 0 Å². The predicted octanol–water partition coefficient (Wildman–Crippen LogP) is 5.45. The molecule has 3 aromatic carbocycles. The molecule has 0 aliphatic heterocycles. The van der Waals surface area contributed by atoms with Crippen LogP contribution >= 0.6 is 23.2 Å². The molecule has 0 fully saturated rings. The van der Waals surface area contributed by atoms with Gasteiger partial charge in [0, 0.05) is 12.1 Å². The van der Waals surface area contributed by atoms with Crippen LogP contribution in [0.3, 0.4) is 0 Å². The second-order valence-corrected chi connectivity index (χ2v) is 6.15. The van der Waals surface area contributed by atoms with Gasteiger partial charge in [-0.25, -0.2) is 0 Å². The van der Waals surface area contributed by atoms with Gasteiger partial charge in [0.2, 0.25) is 0 Å². The summed E-state index contributed by atoms with van der Waals surface area (Å²) in [6.07, 6.45) is 0. The maximum absolute atomic E-state index is 6.06. The van der Waals surface area contributed by atoms with Crippen LogP contribution in [0.2, 0.25) is 10.0 Å². The van der Waals surface area contributed by atoms with Crippen molar-refractivity contribution < 1.29 is 4.74 Å². The fourth-order valence-electron chi connectivity index (χ4n) is 2.60. The van der Waals surface area contributed by atoms with E-state index >= 15 is 0 Å². The molecule has 23 heavy (non-hydrogen) atoms. The van der Waals surface area contributed by atoms with Crippen molar-refractivity contribution in [2.75, 3.05) is 7.05 Å². The van der Waals surface area contributed by atoms with Gasteiger partial charge in [0.25, 0.3) is 0 Å². The van der Waals surface area contributed by atoms with E-state index in [-0.39, 0.29) is 0 Å². The number of rotatable bonds is 5. The first kappa shape index (κ1) is 16.1. The Morgan fingerprint density at radius 2 is 1.78 bits per heavy atom. The summed E-state index contributed by atoms with van der Waals surface area (Å²) in [7, 11) is 1.94. The van der Waals surface area contributed by atoms with E-state index in [1.165, 1.54) is 10.8 Å². The molecule has 0 unspecified atom stereocenters. The van der Waals surface area contributed by atoms with Crippen LogP contribution in [0, 0.1) is 0 Å². The van der Waals surface area contributed by atoms with Gasteiger partial charge in [-0.15, -0.1) is 0 Å². The summed E-state index contributed by atoms with van der Waals surface area (Å²) in [5, 5.41) is 6.72. The number of halogens is 2. The minimum atomic E-state index is 0.450. The molecule has 118 valence electrons. The van der Waals surface area contributed by atoms with Crippen molar-refractivity contribution in [3.8, 4) is 5.75 Å². The molecule has 0 saturated heterocycles. The van der Waals surface area contributed by atoms with Gasteiger partial charge >= 0.3 is 0 Å². The van der Waals surface area contributed by atoms with Crippen molar-refractivity contribution in [2.45, 2.75) is 13.2 Å². The summed E-state index contributed by atoms with van der Waals surface area (Å²) in [6, 6.07) is 18.0. The molecule has 0 heterocycles. The molecule has 0 spiro atoms. The van der Waals surface area contributed by atoms with Crippen molar-refractivity contribution in [1.29, 1.82) is 0 Å². The van der Waals surface area contributed by atoms with Crippen LogP contribution in [0.1, 0.15) is 11.1 Å². The molecule has 3 rings (SSSR count). The summed E-state index contributed by atoms with van der Waals surface area (Å²) in [5.41, 5.74) is 2.15. The lowest BCUT2D eigenvalue weighted by atomic mass is 10.0. The van der Waals surface area contributed by atoms with Crippen molar-refractivity contribution in [3.63, 3.8) is 0 Å². The molecule has 0 amide bonds. The molecule has 2 nitrogen and oxygen atoms in total. The molecule has 0 atom stereocenters. The summed E-state index contributed by atoms with van der Waals surface area (Å²) in [4.78, 5) is 0. The zero-order valence-electron chi connectivity index (χ0n) is 12.8. The predicted molar refractivity (Wildman–Crippen MR) is 97.5 cm³/mol. The summed E-state index contributed by atoms with van der Waals surface area (Å²) in [6.45, 7) is 1.20. The Kier molecular flexibility index (Phi) is 5.06. The van der Waals surface area contributed by atoms with Crippen LogP contribution in [0.4, 0.5) is 0 Å². The minimum Gasteiger partial charge on any atom is -0.489 e. The van der Waals surface area contributed by atoms with Crippen LogP contribution in [-0.4, -0.2) is 7.05 Å². The molecular formula is C19H17Cl2NO. The minimum absolute atomic E-state index is 0.450. The first-order valence-electron chi connectivity index (χ1n) is 7.41. The Balaban J connectivity index is 1.89. The topological polar surface area (TPSA) is 21.3 Å². The Bertz CT molecular complexity index is 833. The summed E-state index contributed by atoms with van der Waals surface area (Å²) >= 11 is 12.0. The second kappa shape index (κ2) is 7.22. The standard InChI is InChI=1S/C19H17Cl2NO/c1-22-11-16-15-5-3-2-4-14(15)7-9-19(16)23-12-13-6-8-17(20)18(21)10-13/h2-10,22H,11-12H2,1H3. The lowest BCUT2D eigenvalue weighted by Gasteiger charge is -2.14. The van der Waals surface area contributed by atoms with E-state index in [1.54, 1.807) is 6.07 Å².